The Balaban J connectivity index is 1.60. The Morgan fingerprint density at radius 1 is 1.07 bits per heavy atom. The Labute approximate surface area is 179 Å². The van der Waals surface area contributed by atoms with Gasteiger partial charge in [-0.25, -0.2) is 4.98 Å². The molecule has 5 nitrogen and oxygen atoms in total. The van der Waals surface area contributed by atoms with Crippen LogP contribution in [-0.2, 0) is 17.9 Å². The van der Waals surface area contributed by atoms with E-state index in [4.69, 9.17) is 0 Å². The average molecular weight is 418 g/mol. The summed E-state index contributed by atoms with van der Waals surface area (Å²) in [6.45, 7) is 4.46. The maximum atomic E-state index is 13.0. The number of thiophene rings is 1. The second-order valence-electron chi connectivity index (χ2n) is 7.47. The fourth-order valence-corrected chi connectivity index (χ4v) is 4.44. The lowest BCUT2D eigenvalue weighted by Crippen LogP contribution is -2.40. The van der Waals surface area contributed by atoms with Crippen LogP contribution in [0.1, 0.15) is 19.4 Å². The first-order valence-corrected chi connectivity index (χ1v) is 10.7. The second kappa shape index (κ2) is 8.63. The zero-order valence-corrected chi connectivity index (χ0v) is 17.8. The number of carbonyl (C=O) groups excluding carboxylic acids is 1. The third-order valence-electron chi connectivity index (χ3n) is 5.01. The Morgan fingerprint density at radius 2 is 1.73 bits per heavy atom. The van der Waals surface area contributed by atoms with Crippen molar-refractivity contribution in [3.63, 3.8) is 0 Å². The van der Waals surface area contributed by atoms with Gasteiger partial charge in [-0.1, -0.05) is 60.7 Å². The molecule has 0 saturated carbocycles. The fourth-order valence-electron chi connectivity index (χ4n) is 3.38. The van der Waals surface area contributed by atoms with Crippen molar-refractivity contribution < 1.29 is 4.79 Å². The van der Waals surface area contributed by atoms with Crippen molar-refractivity contribution in [1.82, 2.24) is 14.5 Å². The van der Waals surface area contributed by atoms with E-state index >= 15 is 0 Å². The highest BCUT2D eigenvalue weighted by atomic mass is 32.1. The molecule has 0 atom stereocenters. The van der Waals surface area contributed by atoms with Crippen LogP contribution in [0, 0.1) is 0 Å². The van der Waals surface area contributed by atoms with E-state index in [1.165, 1.54) is 22.2 Å². The van der Waals surface area contributed by atoms with E-state index in [9.17, 15) is 9.59 Å². The van der Waals surface area contributed by atoms with Crippen LogP contribution in [0.5, 0.6) is 0 Å². The number of carbonyl (C=O) groups is 1. The molecule has 0 aliphatic rings. The van der Waals surface area contributed by atoms with Crippen molar-refractivity contribution >= 4 is 27.5 Å². The van der Waals surface area contributed by atoms with Gasteiger partial charge in [-0.05, 0) is 31.0 Å². The molecule has 0 fully saturated rings. The summed E-state index contributed by atoms with van der Waals surface area (Å²) in [5.74, 6) is -0.100. The van der Waals surface area contributed by atoms with Crippen molar-refractivity contribution in [2.24, 2.45) is 0 Å². The lowest BCUT2D eigenvalue weighted by Gasteiger charge is -2.27. The maximum Gasteiger partial charge on any atom is 0.271 e. The molecule has 0 spiro atoms. The molecule has 2 aromatic carbocycles. The molecule has 0 aliphatic heterocycles. The summed E-state index contributed by atoms with van der Waals surface area (Å²) in [5.41, 5.74) is 2.60. The fraction of sp³-hybridized carbons (Fsp3) is 0.208. The molecular formula is C24H23N3O2S. The van der Waals surface area contributed by atoms with Gasteiger partial charge in [-0.15, -0.1) is 11.3 Å². The van der Waals surface area contributed by atoms with Crippen molar-refractivity contribution in [1.29, 1.82) is 0 Å². The number of nitrogens with zero attached hydrogens (tertiary/aromatic N) is 3. The van der Waals surface area contributed by atoms with E-state index < -0.39 is 0 Å². The number of benzene rings is 2. The second-order valence-corrected chi connectivity index (χ2v) is 8.52. The predicted molar refractivity (Wildman–Crippen MR) is 121 cm³/mol. The van der Waals surface area contributed by atoms with Gasteiger partial charge < -0.3 is 4.90 Å². The predicted octanol–water partition coefficient (Wildman–Crippen LogP) is 4.56. The molecule has 4 rings (SSSR count). The third kappa shape index (κ3) is 4.19. The molecule has 30 heavy (non-hydrogen) atoms. The molecule has 0 unspecified atom stereocenters. The van der Waals surface area contributed by atoms with Crippen LogP contribution in [0.4, 0.5) is 0 Å². The quantitative estimate of drug-likeness (QED) is 0.462. The summed E-state index contributed by atoms with van der Waals surface area (Å²) < 4.78 is 1.99. The molecule has 152 valence electrons. The Bertz CT molecular complexity index is 1210. The number of amides is 1. The minimum absolute atomic E-state index is 0.0225. The molecule has 2 aromatic heterocycles. The minimum atomic E-state index is -0.177. The van der Waals surface area contributed by atoms with E-state index in [2.05, 4.69) is 4.98 Å². The number of hydrogen-bond acceptors (Lipinski definition) is 4. The first kappa shape index (κ1) is 20.0. The van der Waals surface area contributed by atoms with Crippen LogP contribution in [0.3, 0.4) is 0 Å². The van der Waals surface area contributed by atoms with Gasteiger partial charge in [-0.2, -0.15) is 0 Å². The summed E-state index contributed by atoms with van der Waals surface area (Å²) in [4.78, 5) is 33.2. The third-order valence-corrected chi connectivity index (χ3v) is 6.17. The topological polar surface area (TPSA) is 55.2 Å². The molecular weight excluding hydrogens is 394 g/mol. The highest BCUT2D eigenvalue weighted by Gasteiger charge is 2.19. The normalized spacial score (nSPS) is 11.2. The van der Waals surface area contributed by atoms with Crippen molar-refractivity contribution in [2.45, 2.75) is 33.0 Å². The summed E-state index contributed by atoms with van der Waals surface area (Å²) in [6.07, 6.45) is 1.48. The number of aromatic nitrogens is 2. The van der Waals surface area contributed by atoms with E-state index in [-0.39, 0.29) is 24.1 Å². The van der Waals surface area contributed by atoms with E-state index in [1.807, 2.05) is 80.6 Å². The van der Waals surface area contributed by atoms with Crippen LogP contribution in [0.25, 0.3) is 20.7 Å². The van der Waals surface area contributed by atoms with Gasteiger partial charge in [0.05, 0.1) is 11.8 Å². The van der Waals surface area contributed by atoms with E-state index in [1.54, 1.807) is 4.90 Å². The Kier molecular flexibility index (Phi) is 5.77. The van der Waals surface area contributed by atoms with Gasteiger partial charge in [-0.3, -0.25) is 14.2 Å². The molecule has 0 radical (unpaired) electrons. The lowest BCUT2D eigenvalue weighted by molar-refractivity contribution is -0.134. The lowest BCUT2D eigenvalue weighted by atomic mass is 10.2. The molecule has 0 saturated heterocycles. The van der Waals surface area contributed by atoms with Gasteiger partial charge in [0.25, 0.3) is 5.56 Å². The van der Waals surface area contributed by atoms with Crippen molar-refractivity contribution in [2.75, 3.05) is 0 Å². The zero-order chi connectivity index (χ0) is 21.1. The van der Waals surface area contributed by atoms with Crippen molar-refractivity contribution in [3.05, 3.63) is 89.0 Å². The summed E-state index contributed by atoms with van der Waals surface area (Å²) in [7, 11) is 0. The highest BCUT2D eigenvalue weighted by Crippen LogP contribution is 2.30. The summed E-state index contributed by atoms with van der Waals surface area (Å²) in [5, 5.41) is 0. The first-order chi connectivity index (χ1) is 14.5. The Hall–Kier alpha value is -3.25. The zero-order valence-electron chi connectivity index (χ0n) is 17.0. The van der Waals surface area contributed by atoms with Gasteiger partial charge in [0.2, 0.25) is 5.91 Å². The monoisotopic (exact) mass is 417 g/mol. The Morgan fingerprint density at radius 3 is 2.40 bits per heavy atom. The van der Waals surface area contributed by atoms with Gasteiger partial charge >= 0.3 is 0 Å². The van der Waals surface area contributed by atoms with E-state index in [0.717, 1.165) is 16.0 Å². The molecule has 0 aliphatic carbocycles. The summed E-state index contributed by atoms with van der Waals surface area (Å²) >= 11 is 1.41. The van der Waals surface area contributed by atoms with Crippen LogP contribution < -0.4 is 5.56 Å². The van der Waals surface area contributed by atoms with Crippen LogP contribution in [0.15, 0.2) is 77.9 Å². The SMILES string of the molecule is CC(C)N(Cc1ccccc1)C(=O)Cn1cnc2cc(-c3ccccc3)sc2c1=O. The van der Waals surface area contributed by atoms with Gasteiger partial charge in [0.15, 0.2) is 0 Å². The molecule has 4 aromatic rings. The maximum absolute atomic E-state index is 13.0. The van der Waals surface area contributed by atoms with Gasteiger partial charge in [0.1, 0.15) is 11.2 Å². The molecule has 0 bridgehead atoms. The molecule has 1 amide bonds. The number of hydrogen-bond donors (Lipinski definition) is 0. The standard InChI is InChI=1S/C24H23N3O2S/c1-17(2)27(14-18-9-5-3-6-10-18)22(28)15-26-16-25-20-13-21(30-23(20)24(26)29)19-11-7-4-8-12-19/h3-13,16-17H,14-15H2,1-2H3. The highest BCUT2D eigenvalue weighted by molar-refractivity contribution is 7.22. The molecule has 2 heterocycles. The van der Waals surface area contributed by atoms with Crippen LogP contribution >= 0.6 is 11.3 Å². The molecule has 0 N–H and O–H groups in total. The number of fused-ring (bicyclic) bond motifs is 1. The molecule has 6 heteroatoms. The van der Waals surface area contributed by atoms with E-state index in [0.29, 0.717) is 16.8 Å². The van der Waals surface area contributed by atoms with Gasteiger partial charge in [0, 0.05) is 17.5 Å². The van der Waals surface area contributed by atoms with Crippen LogP contribution in [-0.4, -0.2) is 26.4 Å². The van der Waals surface area contributed by atoms with Crippen molar-refractivity contribution in [3.8, 4) is 10.4 Å². The van der Waals surface area contributed by atoms with Crippen LogP contribution in [0.2, 0.25) is 0 Å². The largest absolute Gasteiger partial charge is 0.334 e. The number of rotatable bonds is 6. The minimum Gasteiger partial charge on any atom is -0.334 e. The first-order valence-electron chi connectivity index (χ1n) is 9.90. The smallest absolute Gasteiger partial charge is 0.271 e. The summed E-state index contributed by atoms with van der Waals surface area (Å²) in [6, 6.07) is 21.7. The average Bonchev–Trinajstić information content (AvgIpc) is 3.20.